The van der Waals surface area contributed by atoms with Gasteiger partial charge < -0.3 is 14.7 Å². The molecular formula is C63H58BN3. The average Bonchev–Trinajstić information content (AvgIpc) is 3.54. The summed E-state index contributed by atoms with van der Waals surface area (Å²) in [6.07, 6.45) is 4.80. The van der Waals surface area contributed by atoms with Gasteiger partial charge in [-0.3, -0.25) is 0 Å². The molecule has 67 heavy (non-hydrogen) atoms. The molecule has 2 unspecified atom stereocenters. The Labute approximate surface area is 397 Å². The van der Waals surface area contributed by atoms with Gasteiger partial charge in [-0.2, -0.15) is 0 Å². The Hall–Kier alpha value is -6.78. The first-order chi connectivity index (χ1) is 32.4. The summed E-state index contributed by atoms with van der Waals surface area (Å²) in [5.41, 5.74) is 24.3. The van der Waals surface area contributed by atoms with Gasteiger partial charge in [0.1, 0.15) is 0 Å². The number of hydrogen-bond donors (Lipinski definition) is 0. The zero-order chi connectivity index (χ0) is 45.6. The van der Waals surface area contributed by atoms with Crippen molar-refractivity contribution < 1.29 is 0 Å². The average molecular weight is 868 g/mol. The van der Waals surface area contributed by atoms with E-state index in [2.05, 4.69) is 239 Å². The van der Waals surface area contributed by atoms with Gasteiger partial charge in [0.05, 0.1) is 11.0 Å². The molecule has 8 aromatic rings. The van der Waals surface area contributed by atoms with Crippen molar-refractivity contribution in [2.24, 2.45) is 0 Å². The summed E-state index contributed by atoms with van der Waals surface area (Å²) in [5.74, 6) is 0. The van der Waals surface area contributed by atoms with Gasteiger partial charge in [-0.05, 0) is 155 Å². The van der Waals surface area contributed by atoms with E-state index in [9.17, 15) is 0 Å². The number of anilines is 8. The summed E-state index contributed by atoms with van der Waals surface area (Å²) in [7, 11) is 0. The van der Waals surface area contributed by atoms with Crippen molar-refractivity contribution in [1.82, 2.24) is 0 Å². The number of rotatable bonds is 5. The van der Waals surface area contributed by atoms with Crippen molar-refractivity contribution in [1.29, 1.82) is 0 Å². The second-order valence-corrected chi connectivity index (χ2v) is 21.8. The van der Waals surface area contributed by atoms with Crippen molar-refractivity contribution in [2.75, 3.05) is 14.7 Å². The Bertz CT molecular complexity index is 3130. The van der Waals surface area contributed by atoms with Crippen LogP contribution in [0.4, 0.5) is 45.5 Å². The lowest BCUT2D eigenvalue weighted by Crippen LogP contribution is -2.68. The molecule has 4 heterocycles. The highest BCUT2D eigenvalue weighted by Crippen LogP contribution is 2.63. The Morgan fingerprint density at radius 1 is 0.448 bits per heavy atom. The van der Waals surface area contributed by atoms with E-state index in [1.165, 1.54) is 126 Å². The lowest BCUT2D eigenvalue weighted by molar-refractivity contribution is 0.195. The summed E-state index contributed by atoms with van der Waals surface area (Å²) in [4.78, 5) is 8.09. The van der Waals surface area contributed by atoms with Gasteiger partial charge in [-0.15, -0.1) is 0 Å². The molecule has 0 amide bonds. The van der Waals surface area contributed by atoms with E-state index in [0.29, 0.717) is 0 Å². The maximum Gasteiger partial charge on any atom is 0.253 e. The van der Waals surface area contributed by atoms with Crippen LogP contribution in [0.15, 0.2) is 176 Å². The fourth-order valence-corrected chi connectivity index (χ4v) is 13.9. The molecule has 8 aromatic carbocycles. The van der Waals surface area contributed by atoms with Gasteiger partial charge in [0.25, 0.3) is 6.71 Å². The van der Waals surface area contributed by atoms with Gasteiger partial charge in [0.15, 0.2) is 0 Å². The normalized spacial score (nSPS) is 20.3. The fraction of sp³-hybridized carbons (Fsp3) is 0.238. The lowest BCUT2D eigenvalue weighted by atomic mass is 9.28. The number of para-hydroxylation sites is 2. The highest BCUT2D eigenvalue weighted by molar-refractivity contribution is 7.01. The Kier molecular flexibility index (Phi) is 8.54. The third-order valence-electron chi connectivity index (χ3n) is 17.0. The van der Waals surface area contributed by atoms with Gasteiger partial charge in [0, 0.05) is 50.9 Å². The molecule has 1 aliphatic carbocycles. The van der Waals surface area contributed by atoms with E-state index in [0.717, 1.165) is 6.42 Å². The van der Waals surface area contributed by atoms with E-state index < -0.39 is 5.41 Å². The minimum absolute atomic E-state index is 0.00599. The molecule has 4 heteroatoms. The van der Waals surface area contributed by atoms with Crippen LogP contribution >= 0.6 is 0 Å². The molecule has 1 saturated carbocycles. The Balaban J connectivity index is 1.20. The van der Waals surface area contributed by atoms with Gasteiger partial charge in [-0.1, -0.05) is 162 Å². The number of fused-ring (bicyclic) bond motifs is 3. The maximum absolute atomic E-state index is 2.81. The van der Waals surface area contributed by atoms with Crippen LogP contribution in [0.2, 0.25) is 0 Å². The second kappa shape index (κ2) is 14.1. The first kappa shape index (κ1) is 40.5. The van der Waals surface area contributed by atoms with Crippen molar-refractivity contribution >= 4 is 68.6 Å². The standard InChI is InChI=1S/C63H58BN3/c1-41-34-50-57-53(36-41)65(46-26-16-10-17-27-46)55-39-48(67-52-31-30-45(60(3,4)5)38-49(52)61(6)32-20-21-33-62(61,67)7)40-56-59(55)64(57)58-51(35-42(2)37-54(58)66(56)47-28-18-11-19-29-47)63(50,43-22-12-8-13-23-43)44-24-14-9-15-25-44/h8-19,22-31,34-40H,20-21,32-33H2,1-7H3. The molecule has 4 aliphatic heterocycles. The zero-order valence-electron chi connectivity index (χ0n) is 40.0. The molecular weight excluding hydrogens is 810 g/mol. The van der Waals surface area contributed by atoms with Gasteiger partial charge in [-0.25, -0.2) is 0 Å². The molecule has 0 N–H and O–H groups in total. The fourth-order valence-electron chi connectivity index (χ4n) is 13.9. The third-order valence-corrected chi connectivity index (χ3v) is 17.0. The molecule has 328 valence electrons. The van der Waals surface area contributed by atoms with Crippen LogP contribution in [-0.2, 0) is 16.2 Å². The second-order valence-electron chi connectivity index (χ2n) is 21.8. The van der Waals surface area contributed by atoms with Crippen LogP contribution in [0, 0.1) is 13.8 Å². The van der Waals surface area contributed by atoms with Crippen LogP contribution in [0.1, 0.15) is 105 Å². The van der Waals surface area contributed by atoms with Gasteiger partial charge in [0.2, 0.25) is 0 Å². The molecule has 0 aromatic heterocycles. The molecule has 0 radical (unpaired) electrons. The number of aryl methyl sites for hydroxylation is 2. The molecule has 0 bridgehead atoms. The predicted octanol–water partition coefficient (Wildman–Crippen LogP) is 14.1. The van der Waals surface area contributed by atoms with Crippen LogP contribution < -0.4 is 31.1 Å². The summed E-state index contributed by atoms with van der Waals surface area (Å²) in [5, 5.41) is 0. The van der Waals surface area contributed by atoms with Crippen LogP contribution in [0.3, 0.4) is 0 Å². The van der Waals surface area contributed by atoms with Crippen molar-refractivity contribution in [2.45, 2.75) is 95.9 Å². The first-order valence-electron chi connectivity index (χ1n) is 24.7. The Morgan fingerprint density at radius 3 is 1.40 bits per heavy atom. The highest BCUT2D eigenvalue weighted by Gasteiger charge is 2.59. The largest absolute Gasteiger partial charge is 0.334 e. The third kappa shape index (κ3) is 5.36. The van der Waals surface area contributed by atoms with E-state index in [1.54, 1.807) is 0 Å². The van der Waals surface area contributed by atoms with E-state index in [4.69, 9.17) is 0 Å². The monoisotopic (exact) mass is 867 g/mol. The number of hydrogen-bond acceptors (Lipinski definition) is 3. The van der Waals surface area contributed by atoms with Crippen molar-refractivity contribution in [3.8, 4) is 0 Å². The molecule has 0 spiro atoms. The molecule has 5 aliphatic rings. The highest BCUT2D eigenvalue weighted by atomic mass is 15.3. The van der Waals surface area contributed by atoms with E-state index >= 15 is 0 Å². The lowest BCUT2D eigenvalue weighted by Gasteiger charge is -2.53. The van der Waals surface area contributed by atoms with Crippen LogP contribution in [0.25, 0.3) is 0 Å². The molecule has 1 fully saturated rings. The maximum atomic E-state index is 2.81. The minimum atomic E-state index is -0.587. The molecule has 13 rings (SSSR count). The van der Waals surface area contributed by atoms with Crippen molar-refractivity contribution in [3.63, 3.8) is 0 Å². The van der Waals surface area contributed by atoms with Gasteiger partial charge >= 0.3 is 0 Å². The van der Waals surface area contributed by atoms with Crippen LogP contribution in [0.5, 0.6) is 0 Å². The summed E-state index contributed by atoms with van der Waals surface area (Å²) in [6.45, 7) is 16.9. The minimum Gasteiger partial charge on any atom is -0.334 e. The summed E-state index contributed by atoms with van der Waals surface area (Å²) in [6, 6.07) is 67.9. The number of nitrogens with zero attached hydrogens (tertiary/aromatic N) is 3. The molecule has 2 atom stereocenters. The topological polar surface area (TPSA) is 9.72 Å². The molecule has 0 saturated heterocycles. The predicted molar refractivity (Wildman–Crippen MR) is 283 cm³/mol. The summed E-state index contributed by atoms with van der Waals surface area (Å²) < 4.78 is 0. The SMILES string of the molecule is Cc1cc2c3c(c1)C(c1ccccc1)(c1ccccc1)c1cc(C)cc4c1B3c1c(cc(N3c5ccc(C(C)(C)C)cc5C5(C)CCCCC35C)cc1N4c1ccccc1)N2c1ccccc1. The quantitative estimate of drug-likeness (QED) is 0.160. The summed E-state index contributed by atoms with van der Waals surface area (Å²) >= 11 is 0. The van der Waals surface area contributed by atoms with Crippen molar-refractivity contribution in [3.05, 3.63) is 220 Å². The molecule has 3 nitrogen and oxygen atoms in total. The van der Waals surface area contributed by atoms with Crippen LogP contribution in [-0.4, -0.2) is 12.3 Å². The Morgan fingerprint density at radius 2 is 0.910 bits per heavy atom. The number of benzene rings is 8. The first-order valence-corrected chi connectivity index (χ1v) is 24.7. The van der Waals surface area contributed by atoms with E-state index in [-0.39, 0.29) is 23.1 Å². The smallest absolute Gasteiger partial charge is 0.253 e. The zero-order valence-corrected chi connectivity index (χ0v) is 40.0. The van der Waals surface area contributed by atoms with E-state index in [1.807, 2.05) is 0 Å².